The number of halogens is 2. The van der Waals surface area contributed by atoms with Crippen molar-refractivity contribution in [3.05, 3.63) is 51.5 Å². The number of hydrogen-bond acceptors (Lipinski definition) is 2. The normalized spacial score (nSPS) is 19.1. The van der Waals surface area contributed by atoms with Crippen molar-refractivity contribution in [1.29, 1.82) is 0 Å². The molecular formula is C12H11Cl2N3. The van der Waals surface area contributed by atoms with Crippen LogP contribution in [0.25, 0.3) is 0 Å². The Morgan fingerprint density at radius 1 is 1.24 bits per heavy atom. The molecule has 0 saturated heterocycles. The van der Waals surface area contributed by atoms with Crippen LogP contribution in [0.4, 0.5) is 0 Å². The quantitative estimate of drug-likeness (QED) is 0.834. The smallest absolute Gasteiger partial charge is 0.0926 e. The van der Waals surface area contributed by atoms with E-state index in [0.29, 0.717) is 10.0 Å². The monoisotopic (exact) mass is 267 g/mol. The Balaban J connectivity index is 2.03. The summed E-state index contributed by atoms with van der Waals surface area (Å²) in [6.45, 7) is 0.931. The largest absolute Gasteiger partial charge is 0.348 e. The fraction of sp³-hybridized carbons (Fsp3) is 0.250. The van der Waals surface area contributed by atoms with E-state index in [-0.39, 0.29) is 6.04 Å². The predicted molar refractivity (Wildman–Crippen MR) is 68.6 cm³/mol. The second-order valence-corrected chi connectivity index (χ2v) is 4.89. The van der Waals surface area contributed by atoms with Gasteiger partial charge in [0, 0.05) is 18.7 Å². The highest BCUT2D eigenvalue weighted by Crippen LogP contribution is 2.30. The number of rotatable bonds is 1. The Hall–Kier alpha value is -1.03. The standard InChI is InChI=1S/C12H11Cl2N3/c13-8-2-1-7(5-9(8)14)11-12-10(3-4-15-11)16-6-17-12/h1-2,5-6,11,15H,3-4H2,(H,16,17)/t11-/m1/s1. The second kappa shape index (κ2) is 4.33. The molecule has 1 aliphatic rings. The number of nitrogens with zero attached hydrogens (tertiary/aromatic N) is 1. The zero-order chi connectivity index (χ0) is 11.8. The van der Waals surface area contributed by atoms with Gasteiger partial charge < -0.3 is 10.3 Å². The molecule has 17 heavy (non-hydrogen) atoms. The van der Waals surface area contributed by atoms with Crippen LogP contribution in [0.2, 0.25) is 10.0 Å². The van der Waals surface area contributed by atoms with Crippen LogP contribution in [-0.4, -0.2) is 16.5 Å². The first-order valence-corrected chi connectivity index (χ1v) is 6.22. The maximum Gasteiger partial charge on any atom is 0.0926 e. The third kappa shape index (κ3) is 1.95. The van der Waals surface area contributed by atoms with Crippen LogP contribution >= 0.6 is 23.2 Å². The molecule has 3 rings (SSSR count). The molecular weight excluding hydrogens is 257 g/mol. The minimum absolute atomic E-state index is 0.0970. The summed E-state index contributed by atoms with van der Waals surface area (Å²) in [5.41, 5.74) is 3.34. The van der Waals surface area contributed by atoms with Gasteiger partial charge in [0.25, 0.3) is 0 Å². The topological polar surface area (TPSA) is 40.7 Å². The number of fused-ring (bicyclic) bond motifs is 1. The van der Waals surface area contributed by atoms with E-state index < -0.39 is 0 Å². The summed E-state index contributed by atoms with van der Waals surface area (Å²) in [5, 5.41) is 4.59. The van der Waals surface area contributed by atoms with Gasteiger partial charge in [-0.2, -0.15) is 0 Å². The lowest BCUT2D eigenvalue weighted by Crippen LogP contribution is -2.30. The molecule has 0 aliphatic carbocycles. The van der Waals surface area contributed by atoms with E-state index in [1.807, 2.05) is 18.2 Å². The van der Waals surface area contributed by atoms with Crippen molar-refractivity contribution in [3.63, 3.8) is 0 Å². The van der Waals surface area contributed by atoms with Crippen LogP contribution in [0.3, 0.4) is 0 Å². The van der Waals surface area contributed by atoms with Crippen molar-refractivity contribution >= 4 is 23.2 Å². The zero-order valence-electron chi connectivity index (χ0n) is 9.00. The molecule has 5 heteroatoms. The van der Waals surface area contributed by atoms with Crippen molar-refractivity contribution in [3.8, 4) is 0 Å². The third-order valence-corrected chi connectivity index (χ3v) is 3.76. The molecule has 0 radical (unpaired) electrons. The van der Waals surface area contributed by atoms with Gasteiger partial charge in [-0.05, 0) is 17.7 Å². The molecule has 3 nitrogen and oxygen atoms in total. The Labute approximate surface area is 109 Å². The Morgan fingerprint density at radius 3 is 2.94 bits per heavy atom. The molecule has 2 N–H and O–H groups in total. The van der Waals surface area contributed by atoms with E-state index in [1.54, 1.807) is 6.33 Å². The molecule has 0 fully saturated rings. The summed E-state index contributed by atoms with van der Waals surface area (Å²) < 4.78 is 0. The lowest BCUT2D eigenvalue weighted by Gasteiger charge is -2.23. The van der Waals surface area contributed by atoms with Gasteiger partial charge in [0.05, 0.1) is 28.1 Å². The Bertz CT molecular complexity index is 550. The summed E-state index contributed by atoms with van der Waals surface area (Å²) in [6, 6.07) is 5.79. The molecule has 1 aromatic carbocycles. The first-order chi connectivity index (χ1) is 8.25. The zero-order valence-corrected chi connectivity index (χ0v) is 10.5. The van der Waals surface area contributed by atoms with Crippen LogP contribution in [0.15, 0.2) is 24.5 Å². The summed E-state index contributed by atoms with van der Waals surface area (Å²) in [7, 11) is 0. The number of aromatic amines is 1. The van der Waals surface area contributed by atoms with Crippen molar-refractivity contribution < 1.29 is 0 Å². The fourth-order valence-electron chi connectivity index (χ4n) is 2.19. The van der Waals surface area contributed by atoms with Gasteiger partial charge in [-0.3, -0.25) is 0 Å². The molecule has 1 atom stereocenters. The van der Waals surface area contributed by atoms with Crippen molar-refractivity contribution in [2.24, 2.45) is 0 Å². The van der Waals surface area contributed by atoms with Gasteiger partial charge >= 0.3 is 0 Å². The Kier molecular flexibility index (Phi) is 2.82. The molecule has 0 saturated carbocycles. The average Bonchev–Trinajstić information content (AvgIpc) is 2.80. The maximum absolute atomic E-state index is 6.05. The van der Waals surface area contributed by atoms with Crippen LogP contribution < -0.4 is 5.32 Å². The highest BCUT2D eigenvalue weighted by Gasteiger charge is 2.23. The first-order valence-electron chi connectivity index (χ1n) is 5.46. The van der Waals surface area contributed by atoms with Gasteiger partial charge in [0.2, 0.25) is 0 Å². The lowest BCUT2D eigenvalue weighted by molar-refractivity contribution is 0.553. The van der Waals surface area contributed by atoms with E-state index in [1.165, 1.54) is 5.69 Å². The number of H-pyrrole nitrogens is 1. The van der Waals surface area contributed by atoms with Crippen LogP contribution in [-0.2, 0) is 6.42 Å². The molecule has 0 amide bonds. The highest BCUT2D eigenvalue weighted by atomic mass is 35.5. The minimum Gasteiger partial charge on any atom is -0.348 e. The number of hydrogen-bond donors (Lipinski definition) is 2. The number of nitrogens with one attached hydrogen (secondary N) is 2. The van der Waals surface area contributed by atoms with E-state index in [0.717, 1.165) is 24.2 Å². The van der Waals surface area contributed by atoms with Crippen LogP contribution in [0.5, 0.6) is 0 Å². The van der Waals surface area contributed by atoms with E-state index in [9.17, 15) is 0 Å². The van der Waals surface area contributed by atoms with Gasteiger partial charge in [-0.25, -0.2) is 4.98 Å². The summed E-state index contributed by atoms with van der Waals surface area (Å²) in [4.78, 5) is 7.55. The predicted octanol–water partition coefficient (Wildman–Crippen LogP) is 2.95. The van der Waals surface area contributed by atoms with Gasteiger partial charge in [-0.15, -0.1) is 0 Å². The molecule has 0 spiro atoms. The van der Waals surface area contributed by atoms with E-state index >= 15 is 0 Å². The highest BCUT2D eigenvalue weighted by molar-refractivity contribution is 6.42. The van der Waals surface area contributed by atoms with Crippen molar-refractivity contribution in [1.82, 2.24) is 15.3 Å². The van der Waals surface area contributed by atoms with Gasteiger partial charge in [-0.1, -0.05) is 29.3 Å². The number of benzene rings is 1. The van der Waals surface area contributed by atoms with Crippen LogP contribution in [0, 0.1) is 0 Å². The number of aromatic nitrogens is 2. The summed E-state index contributed by atoms with van der Waals surface area (Å²) >= 11 is 12.0. The van der Waals surface area contributed by atoms with E-state index in [4.69, 9.17) is 23.2 Å². The minimum atomic E-state index is 0.0970. The molecule has 1 aliphatic heterocycles. The molecule has 1 aromatic heterocycles. The molecule has 2 heterocycles. The second-order valence-electron chi connectivity index (χ2n) is 4.08. The molecule has 0 bridgehead atoms. The van der Waals surface area contributed by atoms with Crippen LogP contribution in [0.1, 0.15) is 23.0 Å². The third-order valence-electron chi connectivity index (χ3n) is 3.03. The average molecular weight is 268 g/mol. The van der Waals surface area contributed by atoms with Gasteiger partial charge in [0.1, 0.15) is 0 Å². The molecule has 0 unspecified atom stereocenters. The van der Waals surface area contributed by atoms with E-state index in [2.05, 4.69) is 15.3 Å². The summed E-state index contributed by atoms with van der Waals surface area (Å²) in [6.07, 6.45) is 2.72. The number of imidazole rings is 1. The molecule has 2 aromatic rings. The lowest BCUT2D eigenvalue weighted by atomic mass is 9.98. The van der Waals surface area contributed by atoms with Gasteiger partial charge in [0.15, 0.2) is 0 Å². The summed E-state index contributed by atoms with van der Waals surface area (Å²) in [5.74, 6) is 0. The first kappa shape index (κ1) is 11.1. The SMILES string of the molecule is Clc1ccc([C@H]2NCCc3[nH]cnc32)cc1Cl. The van der Waals surface area contributed by atoms with Crippen molar-refractivity contribution in [2.75, 3.05) is 6.54 Å². The van der Waals surface area contributed by atoms with Crippen molar-refractivity contribution in [2.45, 2.75) is 12.5 Å². The maximum atomic E-state index is 6.05. The molecule has 88 valence electrons. The Morgan fingerprint density at radius 2 is 2.12 bits per heavy atom. The fourth-order valence-corrected chi connectivity index (χ4v) is 2.49.